The molecule has 0 saturated heterocycles. The molecule has 0 aliphatic heterocycles. The molecule has 9 aromatic carbocycles. The first-order valence-corrected chi connectivity index (χ1v) is 24.5. The predicted octanol–water partition coefficient (Wildman–Crippen LogP) is 17.6. The smallest absolute Gasteiger partial charge is 0.160 e. The van der Waals surface area contributed by atoms with E-state index in [2.05, 4.69) is 252 Å². The fourth-order valence-electron chi connectivity index (χ4n) is 11.1. The summed E-state index contributed by atoms with van der Waals surface area (Å²) in [6, 6.07) is 87.4. The van der Waals surface area contributed by atoms with Gasteiger partial charge in [0.25, 0.3) is 0 Å². The Kier molecular flexibility index (Phi) is 10.4. The van der Waals surface area contributed by atoms with Crippen LogP contribution in [0.2, 0.25) is 0 Å². The summed E-state index contributed by atoms with van der Waals surface area (Å²) in [4.78, 5) is 14.4. The highest BCUT2D eigenvalue weighted by atomic mass is 16.3. The van der Waals surface area contributed by atoms with Gasteiger partial charge >= 0.3 is 0 Å². The van der Waals surface area contributed by atoms with Gasteiger partial charge in [-0.25, -0.2) is 0 Å². The van der Waals surface area contributed by atoms with Crippen molar-refractivity contribution in [3.05, 3.63) is 289 Å². The van der Waals surface area contributed by atoms with Crippen LogP contribution in [0.5, 0.6) is 0 Å². The lowest BCUT2D eigenvalue weighted by molar-refractivity contribution is 0.668. The van der Waals surface area contributed by atoms with E-state index in [-0.39, 0.29) is 0 Å². The van der Waals surface area contributed by atoms with E-state index in [0.717, 1.165) is 89.7 Å². The third-order valence-electron chi connectivity index (χ3n) is 14.4. The van der Waals surface area contributed by atoms with E-state index in [1.165, 1.54) is 33.4 Å². The molecule has 1 aliphatic carbocycles. The molecular weight excluding hydrogens is 877 g/mol. The van der Waals surface area contributed by atoms with Gasteiger partial charge in [-0.2, -0.15) is 0 Å². The van der Waals surface area contributed by atoms with Crippen LogP contribution in [0, 0.1) is 13.8 Å². The molecule has 0 unspecified atom stereocenters. The van der Waals surface area contributed by atoms with Crippen LogP contribution in [0.3, 0.4) is 0 Å². The summed E-state index contributed by atoms with van der Waals surface area (Å²) in [5.74, 6) is 0. The van der Waals surface area contributed by atoms with Crippen LogP contribution in [0.25, 0.3) is 55.3 Å². The Morgan fingerprint density at radius 3 is 1.39 bits per heavy atom. The zero-order valence-electron chi connectivity index (χ0n) is 39.9. The van der Waals surface area contributed by atoms with E-state index in [4.69, 9.17) is 14.4 Å². The number of fused-ring (bicyclic) bond motifs is 7. The quantitative estimate of drug-likeness (QED) is 0.137. The normalized spacial score (nSPS) is 12.4. The summed E-state index contributed by atoms with van der Waals surface area (Å²) in [7, 11) is 0. The maximum absolute atomic E-state index is 7.24. The van der Waals surface area contributed by atoms with Crippen LogP contribution in [-0.4, -0.2) is 9.97 Å². The monoisotopic (exact) mass is 924 g/mol. The molecule has 72 heavy (non-hydrogen) atoms. The van der Waals surface area contributed by atoms with Gasteiger partial charge in [0.2, 0.25) is 0 Å². The minimum atomic E-state index is -0.741. The molecule has 0 N–H and O–H groups in total. The molecular formula is C67H48N4O. The third-order valence-corrected chi connectivity index (χ3v) is 14.4. The number of furan rings is 1. The second kappa shape index (κ2) is 17.6. The summed E-state index contributed by atoms with van der Waals surface area (Å²) < 4.78 is 7.24. The summed E-state index contributed by atoms with van der Waals surface area (Å²) in [6.07, 6.45) is 3.96. The summed E-state index contributed by atoms with van der Waals surface area (Å²) in [5, 5.41) is 2.11. The molecule has 342 valence electrons. The molecule has 0 spiro atoms. The molecule has 13 rings (SSSR count). The molecule has 0 radical (unpaired) electrons. The van der Waals surface area contributed by atoms with Crippen molar-refractivity contribution < 1.29 is 4.42 Å². The van der Waals surface area contributed by atoms with Crippen molar-refractivity contribution in [3.8, 4) is 33.4 Å². The highest BCUT2D eigenvalue weighted by Gasteiger charge is 2.48. The van der Waals surface area contributed by atoms with Gasteiger partial charge in [-0.3, -0.25) is 9.97 Å². The maximum atomic E-state index is 7.24. The van der Waals surface area contributed by atoms with Crippen LogP contribution < -0.4 is 9.80 Å². The molecule has 3 aromatic heterocycles. The molecule has 0 atom stereocenters. The van der Waals surface area contributed by atoms with Gasteiger partial charge in [0.15, 0.2) is 5.58 Å². The molecule has 0 amide bonds. The number of hydrogen-bond acceptors (Lipinski definition) is 5. The van der Waals surface area contributed by atoms with E-state index in [1.54, 1.807) is 0 Å². The fraction of sp³-hybridized carbons (Fsp3) is 0.0448. The lowest BCUT2D eigenvalue weighted by atomic mass is 9.67. The van der Waals surface area contributed by atoms with E-state index in [9.17, 15) is 0 Å². The zero-order chi connectivity index (χ0) is 48.2. The molecule has 12 aromatic rings. The van der Waals surface area contributed by atoms with Crippen molar-refractivity contribution in [1.29, 1.82) is 0 Å². The van der Waals surface area contributed by atoms with Crippen LogP contribution in [0.1, 0.15) is 33.6 Å². The SMILES string of the molecule is Cc1ccc(N(c2ccc(-c3ccccc3)cc2)c2ccc3c(c2)-c2c(cc(N(c4ccc(-c5ccccc5)cc4)c4ccc(C)nc4)c4oc5ccccc5c24)C3(c2ccccc2)c2ccccc2)cn1. The number of aromatic nitrogens is 2. The van der Waals surface area contributed by atoms with Crippen molar-refractivity contribution in [1.82, 2.24) is 9.97 Å². The minimum Gasteiger partial charge on any atom is -0.454 e. The average Bonchev–Trinajstić information content (AvgIpc) is 3.97. The molecule has 3 heterocycles. The number of anilines is 6. The van der Waals surface area contributed by atoms with Gasteiger partial charge in [0, 0.05) is 39.2 Å². The van der Waals surface area contributed by atoms with Crippen LogP contribution in [-0.2, 0) is 5.41 Å². The van der Waals surface area contributed by atoms with Gasteiger partial charge in [0.1, 0.15) is 5.58 Å². The number of benzene rings is 9. The Hall–Kier alpha value is -9.32. The number of hydrogen-bond donors (Lipinski definition) is 0. The highest BCUT2D eigenvalue weighted by molar-refractivity contribution is 6.20. The van der Waals surface area contributed by atoms with E-state index in [1.807, 2.05) is 26.2 Å². The predicted molar refractivity (Wildman–Crippen MR) is 296 cm³/mol. The maximum Gasteiger partial charge on any atom is 0.160 e. The second-order valence-electron chi connectivity index (χ2n) is 18.6. The molecule has 1 aliphatic rings. The molecule has 5 heteroatoms. The molecule has 0 saturated carbocycles. The number of para-hydroxylation sites is 1. The van der Waals surface area contributed by atoms with Crippen molar-refractivity contribution >= 4 is 56.1 Å². The lowest BCUT2D eigenvalue weighted by Gasteiger charge is -2.35. The van der Waals surface area contributed by atoms with Crippen LogP contribution >= 0.6 is 0 Å². The minimum absolute atomic E-state index is 0.741. The Morgan fingerprint density at radius 1 is 0.389 bits per heavy atom. The molecule has 5 nitrogen and oxygen atoms in total. The first-order valence-electron chi connectivity index (χ1n) is 24.5. The van der Waals surface area contributed by atoms with Crippen molar-refractivity contribution in [2.45, 2.75) is 19.3 Å². The Bertz CT molecular complexity index is 3850. The summed E-state index contributed by atoms with van der Waals surface area (Å²) in [6.45, 7) is 4.07. The van der Waals surface area contributed by atoms with Gasteiger partial charge in [-0.1, -0.05) is 170 Å². The van der Waals surface area contributed by atoms with Gasteiger partial charge in [-0.15, -0.1) is 0 Å². The van der Waals surface area contributed by atoms with Crippen LogP contribution in [0.4, 0.5) is 34.1 Å². The van der Waals surface area contributed by atoms with Gasteiger partial charge in [-0.05, 0) is 142 Å². The van der Waals surface area contributed by atoms with E-state index >= 15 is 0 Å². The highest BCUT2D eigenvalue weighted by Crippen LogP contribution is 2.62. The largest absolute Gasteiger partial charge is 0.454 e. The Labute approximate surface area is 419 Å². The Morgan fingerprint density at radius 2 is 0.847 bits per heavy atom. The third kappa shape index (κ3) is 7.08. The van der Waals surface area contributed by atoms with Crippen LogP contribution in [0.15, 0.2) is 259 Å². The van der Waals surface area contributed by atoms with Crippen molar-refractivity contribution in [3.63, 3.8) is 0 Å². The number of nitrogens with zero attached hydrogens (tertiary/aromatic N) is 4. The van der Waals surface area contributed by atoms with Gasteiger partial charge in [0.05, 0.1) is 34.9 Å². The zero-order valence-corrected chi connectivity index (χ0v) is 39.9. The van der Waals surface area contributed by atoms with Crippen molar-refractivity contribution in [2.75, 3.05) is 9.80 Å². The number of rotatable bonds is 10. The fourth-order valence-corrected chi connectivity index (χ4v) is 11.1. The first kappa shape index (κ1) is 42.8. The Balaban J connectivity index is 1.12. The average molecular weight is 925 g/mol. The second-order valence-corrected chi connectivity index (χ2v) is 18.6. The molecule has 0 bridgehead atoms. The summed E-state index contributed by atoms with van der Waals surface area (Å²) >= 11 is 0. The van der Waals surface area contributed by atoms with Gasteiger partial charge < -0.3 is 14.2 Å². The molecule has 0 fully saturated rings. The standard InChI is InChI=1S/C67H48N4O/c1-45-27-33-56(43-68-45)70(53-35-29-49(30-36-53)47-17-7-3-8-18-47)55-39-40-60-59(41-55)64-61(67(60,51-21-11-5-12-22-51)52-23-13-6-14-24-52)42-62(66-65(64)58-25-15-16-26-63(58)72-66)71(57-34-28-46(2)69-44-57)54-37-31-50(32-38-54)48-19-9-4-10-20-48/h3-44H,1-2H3. The summed E-state index contributed by atoms with van der Waals surface area (Å²) in [5.41, 5.74) is 20.3. The number of pyridine rings is 2. The first-order chi connectivity index (χ1) is 35.5. The topological polar surface area (TPSA) is 45.4 Å². The van der Waals surface area contributed by atoms with Crippen molar-refractivity contribution in [2.24, 2.45) is 0 Å². The lowest BCUT2D eigenvalue weighted by Crippen LogP contribution is -2.29. The van der Waals surface area contributed by atoms with E-state index < -0.39 is 5.41 Å². The number of aryl methyl sites for hydroxylation is 2. The van der Waals surface area contributed by atoms with E-state index in [0.29, 0.717) is 0 Å².